The molecule has 6 heteroatoms. The molecule has 0 aromatic carbocycles. The number of hydrogen-bond acceptors (Lipinski definition) is 3. The molecular weight excluding hydrogens is 263 g/mol. The van der Waals surface area contributed by atoms with E-state index in [1.165, 1.54) is 0 Å². The van der Waals surface area contributed by atoms with Gasteiger partial charge in [0.2, 0.25) is 0 Å². The van der Waals surface area contributed by atoms with Crippen LogP contribution in [-0.4, -0.2) is 17.0 Å². The second kappa shape index (κ2) is 5.12. The molecular formula is C12H16F3NOS. The molecule has 0 radical (unpaired) electrons. The molecule has 1 fully saturated rings. The molecule has 2 nitrogen and oxygen atoms in total. The summed E-state index contributed by atoms with van der Waals surface area (Å²) in [5.41, 5.74) is -6.12. The van der Waals surface area contributed by atoms with E-state index in [1.54, 1.807) is 13.8 Å². The van der Waals surface area contributed by atoms with Gasteiger partial charge in [-0.05, 0) is 19.3 Å². The molecule has 1 unspecified atom stereocenters. The predicted molar refractivity (Wildman–Crippen MR) is 63.8 cm³/mol. The van der Waals surface area contributed by atoms with Crippen LogP contribution in [0.4, 0.5) is 13.2 Å². The Morgan fingerprint density at radius 2 is 2.00 bits per heavy atom. The molecule has 1 aliphatic carbocycles. The van der Waals surface area contributed by atoms with E-state index in [9.17, 15) is 23.2 Å². The molecule has 1 atom stereocenters. The maximum Gasteiger partial charge on any atom is 0.441 e. The van der Waals surface area contributed by atoms with Gasteiger partial charge in [-0.3, -0.25) is 4.79 Å². The average Bonchev–Trinajstić information content (AvgIpc) is 2.23. The van der Waals surface area contributed by atoms with Crippen molar-refractivity contribution in [3.05, 3.63) is 0 Å². The third-order valence-corrected chi connectivity index (χ3v) is 4.20. The van der Waals surface area contributed by atoms with Crippen LogP contribution in [0, 0.1) is 22.2 Å². The number of halogens is 3. The summed E-state index contributed by atoms with van der Waals surface area (Å²) in [5, 5.41) is 9.21. The van der Waals surface area contributed by atoms with Crippen molar-refractivity contribution >= 4 is 17.5 Å². The minimum Gasteiger partial charge on any atom is -0.297 e. The predicted octanol–water partition coefficient (Wildman–Crippen LogP) is 3.92. The van der Waals surface area contributed by atoms with Crippen molar-refractivity contribution in [3.8, 4) is 6.07 Å². The molecule has 102 valence electrons. The van der Waals surface area contributed by atoms with E-state index in [-0.39, 0.29) is 29.7 Å². The first-order valence-electron chi connectivity index (χ1n) is 5.80. The lowest BCUT2D eigenvalue weighted by Gasteiger charge is -2.38. The summed E-state index contributed by atoms with van der Waals surface area (Å²) in [4.78, 5) is 12.2. The third kappa shape index (κ3) is 3.41. The molecule has 1 rings (SSSR count). The van der Waals surface area contributed by atoms with Crippen molar-refractivity contribution in [2.24, 2.45) is 10.8 Å². The number of alkyl halides is 3. The zero-order valence-corrected chi connectivity index (χ0v) is 11.2. The standard InChI is InChI=1S/C12H16F3NOS/c1-10(2)4-3-5-11(8-16,9(10)17)6-7-18-12(13,14)15/h3-7H2,1-2H3. The lowest BCUT2D eigenvalue weighted by atomic mass is 9.62. The van der Waals surface area contributed by atoms with Crippen LogP contribution in [0.5, 0.6) is 0 Å². The normalized spacial score (nSPS) is 27.9. The van der Waals surface area contributed by atoms with E-state index in [0.717, 1.165) is 0 Å². The Balaban J connectivity index is 2.74. The molecule has 18 heavy (non-hydrogen) atoms. The minimum absolute atomic E-state index is 0.0179. The number of hydrogen-bond donors (Lipinski definition) is 0. The Morgan fingerprint density at radius 1 is 1.39 bits per heavy atom. The van der Waals surface area contributed by atoms with Crippen molar-refractivity contribution in [2.45, 2.75) is 45.0 Å². The van der Waals surface area contributed by atoms with Crippen molar-refractivity contribution < 1.29 is 18.0 Å². The van der Waals surface area contributed by atoms with Gasteiger partial charge in [0.05, 0.1) is 6.07 Å². The van der Waals surface area contributed by atoms with Crippen molar-refractivity contribution in [1.82, 2.24) is 0 Å². The van der Waals surface area contributed by atoms with E-state index < -0.39 is 16.3 Å². The van der Waals surface area contributed by atoms with Crippen LogP contribution in [0.3, 0.4) is 0 Å². The third-order valence-electron chi connectivity index (χ3n) is 3.46. The van der Waals surface area contributed by atoms with Gasteiger partial charge in [-0.1, -0.05) is 32.0 Å². The maximum atomic E-state index is 12.2. The number of nitriles is 1. The van der Waals surface area contributed by atoms with Gasteiger partial charge in [0.15, 0.2) is 5.78 Å². The summed E-state index contributed by atoms with van der Waals surface area (Å²) < 4.78 is 36.2. The van der Waals surface area contributed by atoms with Gasteiger partial charge in [0.25, 0.3) is 0 Å². The minimum atomic E-state index is -4.30. The smallest absolute Gasteiger partial charge is 0.297 e. The number of carbonyl (C=O) groups is 1. The first kappa shape index (κ1) is 15.4. The fourth-order valence-corrected chi connectivity index (χ4v) is 3.13. The molecule has 0 aliphatic heterocycles. The number of thioether (sulfide) groups is 1. The molecule has 0 amide bonds. The second-order valence-corrected chi connectivity index (χ2v) is 6.46. The quantitative estimate of drug-likeness (QED) is 0.786. The topological polar surface area (TPSA) is 40.9 Å². The van der Waals surface area contributed by atoms with Crippen molar-refractivity contribution in [3.63, 3.8) is 0 Å². The zero-order chi connectivity index (χ0) is 14.0. The number of nitrogens with zero attached hydrogens (tertiary/aromatic N) is 1. The summed E-state index contributed by atoms with van der Waals surface area (Å²) in [6.45, 7) is 3.52. The number of ketones is 1. The number of carbonyl (C=O) groups excluding carboxylic acids is 1. The molecule has 0 N–H and O–H groups in total. The molecule has 0 bridgehead atoms. The lowest BCUT2D eigenvalue weighted by Crippen LogP contribution is -2.44. The van der Waals surface area contributed by atoms with Gasteiger partial charge in [-0.15, -0.1) is 0 Å². The first-order chi connectivity index (χ1) is 8.13. The monoisotopic (exact) mass is 279 g/mol. The van der Waals surface area contributed by atoms with Crippen LogP contribution in [-0.2, 0) is 4.79 Å². The Kier molecular flexibility index (Phi) is 4.37. The molecule has 0 aromatic heterocycles. The zero-order valence-electron chi connectivity index (χ0n) is 10.4. The highest BCUT2D eigenvalue weighted by atomic mass is 32.2. The second-order valence-electron chi connectivity index (χ2n) is 5.30. The van der Waals surface area contributed by atoms with Crippen molar-refractivity contribution in [1.29, 1.82) is 5.26 Å². The highest BCUT2D eigenvalue weighted by Gasteiger charge is 2.49. The average molecular weight is 279 g/mol. The molecule has 0 aromatic rings. The van der Waals surface area contributed by atoms with Crippen LogP contribution in [0.15, 0.2) is 0 Å². The van der Waals surface area contributed by atoms with Gasteiger partial charge in [-0.25, -0.2) is 0 Å². The van der Waals surface area contributed by atoms with E-state index >= 15 is 0 Å². The van der Waals surface area contributed by atoms with Gasteiger partial charge in [-0.2, -0.15) is 18.4 Å². The van der Waals surface area contributed by atoms with Gasteiger partial charge in [0, 0.05) is 11.2 Å². The molecule has 0 spiro atoms. The van der Waals surface area contributed by atoms with Gasteiger partial charge >= 0.3 is 5.51 Å². The Hall–Kier alpha value is -0.700. The van der Waals surface area contributed by atoms with E-state index in [4.69, 9.17) is 0 Å². The fourth-order valence-electron chi connectivity index (χ4n) is 2.45. The molecule has 0 heterocycles. The van der Waals surface area contributed by atoms with Crippen LogP contribution in [0.25, 0.3) is 0 Å². The fraction of sp³-hybridized carbons (Fsp3) is 0.833. The highest BCUT2D eigenvalue weighted by Crippen LogP contribution is 2.46. The van der Waals surface area contributed by atoms with Crippen LogP contribution in [0.2, 0.25) is 0 Å². The van der Waals surface area contributed by atoms with Crippen LogP contribution in [0.1, 0.15) is 39.5 Å². The van der Waals surface area contributed by atoms with E-state index in [2.05, 4.69) is 0 Å². The number of Topliss-reactive ketones (excluding diaryl/α,β-unsaturated/α-hetero) is 1. The Morgan fingerprint density at radius 3 is 2.50 bits per heavy atom. The summed E-state index contributed by atoms with van der Waals surface area (Å²) in [7, 11) is 0. The van der Waals surface area contributed by atoms with Crippen LogP contribution < -0.4 is 0 Å². The SMILES string of the molecule is CC1(C)CCCC(C#N)(CCSC(F)(F)F)C1=O. The molecule has 1 aliphatic rings. The molecule has 1 saturated carbocycles. The summed E-state index contributed by atoms with van der Waals surface area (Å²) >= 11 is -0.160. The van der Waals surface area contributed by atoms with Crippen LogP contribution >= 0.6 is 11.8 Å². The van der Waals surface area contributed by atoms with E-state index in [0.29, 0.717) is 19.3 Å². The summed E-state index contributed by atoms with van der Waals surface area (Å²) in [5.74, 6) is -0.440. The van der Waals surface area contributed by atoms with Gasteiger partial charge < -0.3 is 0 Å². The highest BCUT2D eigenvalue weighted by molar-refractivity contribution is 8.00. The molecule has 0 saturated heterocycles. The largest absolute Gasteiger partial charge is 0.441 e. The summed E-state index contributed by atoms with van der Waals surface area (Å²) in [6.07, 6.45) is 1.77. The van der Waals surface area contributed by atoms with Gasteiger partial charge in [0.1, 0.15) is 5.41 Å². The van der Waals surface area contributed by atoms with E-state index in [1.807, 2.05) is 6.07 Å². The Bertz CT molecular complexity index is 372. The first-order valence-corrected chi connectivity index (χ1v) is 6.78. The van der Waals surface area contributed by atoms with Crippen molar-refractivity contribution in [2.75, 3.05) is 5.75 Å². The number of rotatable bonds is 3. The lowest BCUT2D eigenvalue weighted by molar-refractivity contribution is -0.138. The Labute approximate surface area is 109 Å². The summed E-state index contributed by atoms with van der Waals surface area (Å²) in [6, 6.07) is 1.98. The maximum absolute atomic E-state index is 12.2.